The van der Waals surface area contributed by atoms with Gasteiger partial charge in [-0.25, -0.2) is 0 Å². The third-order valence-corrected chi connectivity index (χ3v) is 5.76. The molecule has 0 bridgehead atoms. The van der Waals surface area contributed by atoms with E-state index >= 15 is 0 Å². The molecule has 0 radical (unpaired) electrons. The van der Waals surface area contributed by atoms with Crippen molar-refractivity contribution >= 4 is 5.91 Å². The molecule has 5 nitrogen and oxygen atoms in total. The highest BCUT2D eigenvalue weighted by atomic mass is 16.5. The molecule has 2 aliphatic heterocycles. The maximum absolute atomic E-state index is 12.5. The molecule has 1 unspecified atom stereocenters. The van der Waals surface area contributed by atoms with Crippen molar-refractivity contribution in [3.05, 3.63) is 41.7 Å². The molecule has 2 saturated heterocycles. The van der Waals surface area contributed by atoms with Crippen LogP contribution in [-0.4, -0.2) is 47.2 Å². The fourth-order valence-electron chi connectivity index (χ4n) is 4.24. The number of pyridine rings is 1. The highest BCUT2D eigenvalue weighted by Crippen LogP contribution is 2.36. The summed E-state index contributed by atoms with van der Waals surface area (Å²) in [6.45, 7) is 2.76. The van der Waals surface area contributed by atoms with Crippen LogP contribution < -0.4 is 0 Å². The van der Waals surface area contributed by atoms with Crippen molar-refractivity contribution in [2.45, 2.75) is 63.3 Å². The summed E-state index contributed by atoms with van der Waals surface area (Å²) in [5.74, 6) is 0.257. The third kappa shape index (κ3) is 4.15. The average molecular weight is 356 g/mol. The van der Waals surface area contributed by atoms with Gasteiger partial charge in [0, 0.05) is 31.8 Å². The zero-order valence-electron chi connectivity index (χ0n) is 15.4. The fourth-order valence-corrected chi connectivity index (χ4v) is 4.24. The van der Waals surface area contributed by atoms with Crippen LogP contribution in [0.2, 0.25) is 0 Å². The summed E-state index contributed by atoms with van der Waals surface area (Å²) in [4.78, 5) is 18.5. The van der Waals surface area contributed by atoms with Crippen LogP contribution >= 0.6 is 0 Å². The van der Waals surface area contributed by atoms with E-state index in [0.717, 1.165) is 31.2 Å². The minimum atomic E-state index is -0.183. The summed E-state index contributed by atoms with van der Waals surface area (Å²) in [7, 11) is 0. The van der Waals surface area contributed by atoms with E-state index in [2.05, 4.69) is 11.1 Å². The molecule has 2 fully saturated rings. The minimum absolute atomic E-state index is 0.183. The number of rotatable bonds is 5. The predicted molar refractivity (Wildman–Crippen MR) is 98.5 cm³/mol. The number of carbonyl (C=O) groups is 1. The quantitative estimate of drug-likeness (QED) is 0.760. The lowest BCUT2D eigenvalue weighted by Crippen LogP contribution is -2.67. The smallest absolute Gasteiger partial charge is 0.226 e. The van der Waals surface area contributed by atoms with Gasteiger partial charge in [-0.3, -0.25) is 9.78 Å². The number of likely N-dealkylation sites (tertiary alicyclic amines) is 1. The zero-order valence-corrected chi connectivity index (χ0v) is 15.4. The van der Waals surface area contributed by atoms with Gasteiger partial charge in [0.05, 0.1) is 25.8 Å². The first-order chi connectivity index (χ1) is 12.7. The van der Waals surface area contributed by atoms with E-state index in [9.17, 15) is 4.79 Å². The highest BCUT2D eigenvalue weighted by Gasteiger charge is 2.49. The molecular weight excluding hydrogens is 328 g/mol. The minimum Gasteiger partial charge on any atom is -0.373 e. The Morgan fingerprint density at radius 3 is 2.92 bits per heavy atom. The summed E-state index contributed by atoms with van der Waals surface area (Å²) in [5.41, 5.74) is 2.29. The molecule has 3 aliphatic rings. The molecular formula is C21H28N2O3. The van der Waals surface area contributed by atoms with E-state index in [0.29, 0.717) is 32.7 Å². The summed E-state index contributed by atoms with van der Waals surface area (Å²) in [5, 5.41) is 0. The molecule has 3 heterocycles. The summed E-state index contributed by atoms with van der Waals surface area (Å²) < 4.78 is 12.2. The van der Waals surface area contributed by atoms with Gasteiger partial charge in [0.2, 0.25) is 5.91 Å². The fraction of sp³-hybridized carbons (Fsp3) is 0.619. The van der Waals surface area contributed by atoms with Crippen LogP contribution in [0.15, 0.2) is 36.2 Å². The Morgan fingerprint density at radius 1 is 1.31 bits per heavy atom. The van der Waals surface area contributed by atoms with Crippen molar-refractivity contribution in [1.29, 1.82) is 0 Å². The van der Waals surface area contributed by atoms with E-state index in [1.165, 1.54) is 18.4 Å². The standard InChI is InChI=1S/C21H28N2O3/c24-20(12-17-4-2-1-3-5-17)23-15-21(16-23)13-19(8-11-26-21)25-14-18-6-9-22-10-7-18/h4,6-7,9-10,19H,1-3,5,8,11-16H2. The Bertz CT molecular complexity index is 652. The lowest BCUT2D eigenvalue weighted by molar-refractivity contribution is -0.202. The maximum Gasteiger partial charge on any atom is 0.226 e. The molecule has 1 spiro atoms. The first kappa shape index (κ1) is 17.7. The molecule has 0 saturated carbocycles. The molecule has 1 atom stereocenters. The molecule has 1 aromatic rings. The van der Waals surface area contributed by atoms with Crippen molar-refractivity contribution < 1.29 is 14.3 Å². The molecule has 26 heavy (non-hydrogen) atoms. The monoisotopic (exact) mass is 356 g/mol. The van der Waals surface area contributed by atoms with Crippen LogP contribution in [-0.2, 0) is 20.9 Å². The Balaban J connectivity index is 1.24. The molecule has 0 N–H and O–H groups in total. The van der Waals surface area contributed by atoms with E-state index in [4.69, 9.17) is 9.47 Å². The van der Waals surface area contributed by atoms with Gasteiger partial charge >= 0.3 is 0 Å². The van der Waals surface area contributed by atoms with Crippen molar-refractivity contribution in [3.8, 4) is 0 Å². The van der Waals surface area contributed by atoms with Gasteiger partial charge in [-0.2, -0.15) is 0 Å². The SMILES string of the molecule is O=C(CC1=CCCCC1)N1CC2(CC(OCc3ccncc3)CCO2)C1. The molecule has 0 aromatic carbocycles. The first-order valence-electron chi connectivity index (χ1n) is 9.83. The molecule has 1 amide bonds. The Kier molecular flexibility index (Phi) is 5.36. The second-order valence-corrected chi connectivity index (χ2v) is 7.85. The number of carbonyl (C=O) groups excluding carboxylic acids is 1. The van der Waals surface area contributed by atoms with E-state index in [1.54, 1.807) is 12.4 Å². The van der Waals surface area contributed by atoms with E-state index in [1.807, 2.05) is 17.0 Å². The van der Waals surface area contributed by atoms with Gasteiger partial charge in [-0.05, 0) is 49.8 Å². The summed E-state index contributed by atoms with van der Waals surface area (Å²) in [6, 6.07) is 3.97. The Labute approximate surface area is 155 Å². The largest absolute Gasteiger partial charge is 0.373 e. The molecule has 1 aliphatic carbocycles. The lowest BCUT2D eigenvalue weighted by Gasteiger charge is -2.53. The number of nitrogens with zero attached hydrogens (tertiary/aromatic N) is 2. The molecule has 4 rings (SSSR count). The predicted octanol–water partition coefficient (Wildman–Crippen LogP) is 3.25. The average Bonchev–Trinajstić information content (AvgIpc) is 2.66. The van der Waals surface area contributed by atoms with Crippen molar-refractivity contribution in [1.82, 2.24) is 9.88 Å². The van der Waals surface area contributed by atoms with Gasteiger partial charge in [0.1, 0.15) is 5.60 Å². The summed E-state index contributed by atoms with van der Waals surface area (Å²) >= 11 is 0. The number of aromatic nitrogens is 1. The topological polar surface area (TPSA) is 51.7 Å². The van der Waals surface area contributed by atoms with Gasteiger partial charge in [-0.1, -0.05) is 11.6 Å². The Hall–Kier alpha value is -1.72. The van der Waals surface area contributed by atoms with Crippen LogP contribution in [0.1, 0.15) is 50.5 Å². The maximum atomic E-state index is 12.5. The van der Waals surface area contributed by atoms with Crippen LogP contribution in [0.4, 0.5) is 0 Å². The second-order valence-electron chi connectivity index (χ2n) is 7.85. The van der Waals surface area contributed by atoms with Gasteiger partial charge in [0.25, 0.3) is 0 Å². The van der Waals surface area contributed by atoms with Crippen molar-refractivity contribution in [2.24, 2.45) is 0 Å². The zero-order chi connectivity index (χ0) is 17.8. The lowest BCUT2D eigenvalue weighted by atomic mass is 9.84. The number of hydrogen-bond acceptors (Lipinski definition) is 4. The van der Waals surface area contributed by atoms with Crippen molar-refractivity contribution in [2.75, 3.05) is 19.7 Å². The van der Waals surface area contributed by atoms with Gasteiger partial charge in [0.15, 0.2) is 0 Å². The number of hydrogen-bond donors (Lipinski definition) is 0. The number of allylic oxidation sites excluding steroid dienone is 1. The van der Waals surface area contributed by atoms with E-state index < -0.39 is 0 Å². The van der Waals surface area contributed by atoms with Crippen molar-refractivity contribution in [3.63, 3.8) is 0 Å². The second kappa shape index (κ2) is 7.89. The highest BCUT2D eigenvalue weighted by molar-refractivity contribution is 5.80. The van der Waals surface area contributed by atoms with E-state index in [-0.39, 0.29) is 17.6 Å². The Morgan fingerprint density at radius 2 is 2.15 bits per heavy atom. The first-order valence-corrected chi connectivity index (χ1v) is 9.83. The number of amides is 1. The third-order valence-electron chi connectivity index (χ3n) is 5.76. The van der Waals surface area contributed by atoms with Gasteiger partial charge in [-0.15, -0.1) is 0 Å². The normalized spacial score (nSPS) is 24.8. The van der Waals surface area contributed by atoms with Crippen LogP contribution in [0.5, 0.6) is 0 Å². The van der Waals surface area contributed by atoms with Crippen LogP contribution in [0.25, 0.3) is 0 Å². The van der Waals surface area contributed by atoms with Crippen LogP contribution in [0, 0.1) is 0 Å². The molecule has 1 aromatic heterocycles. The molecule has 140 valence electrons. The number of ether oxygens (including phenoxy) is 2. The molecule has 5 heteroatoms. The van der Waals surface area contributed by atoms with Gasteiger partial charge < -0.3 is 14.4 Å². The summed E-state index contributed by atoms with van der Waals surface area (Å²) in [6.07, 6.45) is 13.2. The van der Waals surface area contributed by atoms with Crippen LogP contribution in [0.3, 0.4) is 0 Å².